The molecule has 1 saturated heterocycles. The average Bonchev–Trinajstić information content (AvgIpc) is 3.86. The zero-order chi connectivity index (χ0) is 45.6. The molecule has 0 aliphatic carbocycles. The number of nitrogens with zero attached hydrogens (tertiary/aromatic N) is 4. The lowest BCUT2D eigenvalue weighted by atomic mass is 9.85. The Kier molecular flexibility index (Phi) is 14.4. The number of β-amino-alcohol motifs (C(OH)–C–C–N with tert-alkyl or cyclic N) is 1. The van der Waals surface area contributed by atoms with E-state index in [-0.39, 0.29) is 74.7 Å². The molecule has 9 N–H and O–H groups in total. The number of aromatic nitrogens is 3. The van der Waals surface area contributed by atoms with E-state index < -0.39 is 53.0 Å². The van der Waals surface area contributed by atoms with Gasteiger partial charge in [0, 0.05) is 74.2 Å². The minimum absolute atomic E-state index is 0.00799. The molecule has 1 aliphatic heterocycles. The van der Waals surface area contributed by atoms with Gasteiger partial charge in [-0.05, 0) is 59.9 Å². The summed E-state index contributed by atoms with van der Waals surface area (Å²) >= 11 is 1.55. The molecule has 18 heteroatoms. The van der Waals surface area contributed by atoms with Gasteiger partial charge >= 0.3 is 0 Å². The lowest BCUT2D eigenvalue weighted by Gasteiger charge is -2.35. The smallest absolute Gasteiger partial charge is 0.246 e. The normalized spacial score (nSPS) is 15.5. The van der Waals surface area contributed by atoms with E-state index in [2.05, 4.69) is 36.2 Å². The lowest BCUT2D eigenvalue weighted by molar-refractivity contribution is -0.144. The Hall–Kier alpha value is -6.53. The molecule has 0 spiro atoms. The molecule has 16 nitrogen and oxygen atoms in total. The second-order valence-electron chi connectivity index (χ2n) is 16.8. The van der Waals surface area contributed by atoms with Crippen molar-refractivity contribution in [3.63, 3.8) is 0 Å². The number of halogens is 1. The van der Waals surface area contributed by atoms with Gasteiger partial charge in [0.2, 0.25) is 29.5 Å². The maximum Gasteiger partial charge on any atom is 0.246 e. The Morgan fingerprint density at radius 1 is 0.937 bits per heavy atom. The minimum atomic E-state index is -1.01. The number of pyridine rings is 2. The predicted octanol–water partition coefficient (Wildman–Crippen LogP) is 4.76. The first kappa shape index (κ1) is 46.0. The maximum absolute atomic E-state index is 15.3. The predicted molar refractivity (Wildman–Crippen MR) is 240 cm³/mol. The lowest BCUT2D eigenvalue weighted by Crippen LogP contribution is -2.57. The molecule has 2 aromatic carbocycles. The largest absolute Gasteiger partial charge is 0.397 e. The Bertz CT molecular complexity index is 2520. The number of carbonyl (C=O) groups excluding carboxylic acids is 5. The third kappa shape index (κ3) is 11.1. The highest BCUT2D eigenvalue weighted by molar-refractivity contribution is 7.13. The molecule has 1 fully saturated rings. The minimum Gasteiger partial charge on any atom is -0.397 e. The molecule has 6 rings (SSSR count). The number of anilines is 3. The number of nitrogens with one attached hydrogen (secondary N) is 4. The molecule has 5 aromatic rings. The van der Waals surface area contributed by atoms with Crippen molar-refractivity contribution in [3.05, 3.63) is 83.1 Å². The summed E-state index contributed by atoms with van der Waals surface area (Å²) < 4.78 is 15.3. The van der Waals surface area contributed by atoms with Crippen LogP contribution in [-0.2, 0) is 30.5 Å². The number of aliphatic hydroxyl groups is 1. The molecule has 0 saturated carbocycles. The van der Waals surface area contributed by atoms with E-state index >= 15 is 4.39 Å². The van der Waals surface area contributed by atoms with E-state index in [0.717, 1.165) is 21.7 Å². The highest BCUT2D eigenvalue weighted by Gasteiger charge is 2.44. The fraction of sp³-hybridized carbons (Fsp3) is 0.378. The number of aliphatic hydroxyl groups excluding tert-OH is 1. The molecular formula is C45H53FN10O6S. The van der Waals surface area contributed by atoms with Crippen LogP contribution < -0.4 is 32.7 Å². The summed E-state index contributed by atoms with van der Waals surface area (Å²) in [4.78, 5) is 80.9. The first-order valence-corrected chi connectivity index (χ1v) is 21.5. The molecule has 1 aliphatic rings. The van der Waals surface area contributed by atoms with E-state index in [1.807, 2.05) is 31.2 Å². The first-order chi connectivity index (χ1) is 29.9. The third-order valence-electron chi connectivity index (χ3n) is 11.0. The SMILES string of the molecule is Cc1ncsc1-c1ccc(CNC(=O)[C@@H]2C[C@@H](O)CN2C(=O)[C@@H](NC(=O)CCCC(=O)NCCC(=O)Nc2cc3cc(-c4cncc(N)c4C)c(F)c(N)c3cn2)C(C)(C)C)cc1. The Balaban J connectivity index is 0.950. The summed E-state index contributed by atoms with van der Waals surface area (Å²) in [5.74, 6) is -2.57. The fourth-order valence-corrected chi connectivity index (χ4v) is 8.22. The fourth-order valence-electron chi connectivity index (χ4n) is 7.41. The molecule has 3 atom stereocenters. The van der Waals surface area contributed by atoms with Crippen LogP contribution in [0.2, 0.25) is 0 Å². The van der Waals surface area contributed by atoms with Crippen LogP contribution in [0.4, 0.5) is 21.6 Å². The second-order valence-corrected chi connectivity index (χ2v) is 17.6. The van der Waals surface area contributed by atoms with Gasteiger partial charge in [-0.1, -0.05) is 45.0 Å². The maximum atomic E-state index is 15.3. The van der Waals surface area contributed by atoms with Gasteiger partial charge in [-0.3, -0.25) is 29.0 Å². The second kappa shape index (κ2) is 19.7. The molecule has 332 valence electrons. The van der Waals surface area contributed by atoms with Gasteiger partial charge in [0.15, 0.2) is 5.82 Å². The number of amides is 5. The quantitative estimate of drug-likeness (QED) is 0.0707. The number of likely N-dealkylation sites (tertiary alicyclic amines) is 1. The van der Waals surface area contributed by atoms with Gasteiger partial charge in [-0.25, -0.2) is 14.4 Å². The summed E-state index contributed by atoms with van der Waals surface area (Å²) in [7, 11) is 0. The number of nitrogen functional groups attached to an aromatic ring is 2. The summed E-state index contributed by atoms with van der Waals surface area (Å²) in [6.07, 6.45) is 3.54. The standard InChI is InChI=1S/C45H53FN10O6S/c1-24-31(19-49-21-33(24)47)30-15-28-16-35(51-20-32(28)40(48)39(30)46)54-38(60)13-14-50-36(58)7-6-8-37(59)55-42(45(3,4)5)44(62)56-22-29(57)17-34(56)43(61)52-18-26-9-11-27(12-10-26)41-25(2)53-23-63-41/h9-12,15-16,19-21,23,29,34,42,57H,6-8,13-14,17-18,22,47-48H2,1-5H3,(H,50,58)(H,52,61)(H,55,59)(H,51,54,60)/t29-,34+,42-/m1/s1. The van der Waals surface area contributed by atoms with Crippen LogP contribution in [0, 0.1) is 25.1 Å². The van der Waals surface area contributed by atoms with Crippen LogP contribution >= 0.6 is 11.3 Å². The van der Waals surface area contributed by atoms with Crippen molar-refractivity contribution in [1.82, 2.24) is 35.8 Å². The van der Waals surface area contributed by atoms with Crippen LogP contribution in [-0.4, -0.2) is 85.8 Å². The van der Waals surface area contributed by atoms with E-state index in [9.17, 15) is 29.1 Å². The number of hydrogen-bond acceptors (Lipinski definition) is 12. The molecule has 5 amide bonds. The number of fused-ring (bicyclic) bond motifs is 1. The Labute approximate surface area is 368 Å². The molecule has 0 unspecified atom stereocenters. The van der Waals surface area contributed by atoms with Crippen LogP contribution in [0.1, 0.15) is 69.7 Å². The van der Waals surface area contributed by atoms with Crippen LogP contribution in [0.3, 0.4) is 0 Å². The van der Waals surface area contributed by atoms with Gasteiger partial charge in [0.05, 0.1) is 39.8 Å². The molecule has 4 heterocycles. The molecule has 0 bridgehead atoms. The van der Waals surface area contributed by atoms with Crippen LogP contribution in [0.5, 0.6) is 0 Å². The van der Waals surface area contributed by atoms with Gasteiger partial charge < -0.3 is 42.7 Å². The number of rotatable bonds is 15. The third-order valence-corrected chi connectivity index (χ3v) is 12.0. The number of carbonyl (C=O) groups is 5. The molecular weight excluding hydrogens is 828 g/mol. The van der Waals surface area contributed by atoms with Crippen LogP contribution in [0.25, 0.3) is 32.3 Å². The van der Waals surface area contributed by atoms with Gasteiger partial charge in [-0.2, -0.15) is 0 Å². The highest BCUT2D eigenvalue weighted by atomic mass is 32.1. The number of benzene rings is 2. The number of hydrogen-bond donors (Lipinski definition) is 7. The Morgan fingerprint density at radius 2 is 1.67 bits per heavy atom. The van der Waals surface area contributed by atoms with Gasteiger partial charge in [0.25, 0.3) is 0 Å². The summed E-state index contributed by atoms with van der Waals surface area (Å²) in [5, 5.41) is 22.5. The van der Waals surface area contributed by atoms with E-state index in [4.69, 9.17) is 11.5 Å². The average molecular weight is 881 g/mol. The van der Waals surface area contributed by atoms with Gasteiger partial charge in [-0.15, -0.1) is 11.3 Å². The summed E-state index contributed by atoms with van der Waals surface area (Å²) in [5.41, 5.74) is 17.6. The van der Waals surface area contributed by atoms with Crippen molar-refractivity contribution in [3.8, 4) is 21.6 Å². The van der Waals surface area contributed by atoms with E-state index in [0.29, 0.717) is 27.6 Å². The molecule has 63 heavy (non-hydrogen) atoms. The first-order valence-electron chi connectivity index (χ1n) is 20.6. The van der Waals surface area contributed by atoms with Crippen molar-refractivity contribution in [2.75, 3.05) is 29.9 Å². The van der Waals surface area contributed by atoms with Crippen molar-refractivity contribution >= 4 is 68.8 Å². The van der Waals surface area contributed by atoms with Crippen molar-refractivity contribution in [2.24, 2.45) is 5.41 Å². The van der Waals surface area contributed by atoms with Crippen LogP contribution in [0.15, 0.2) is 60.5 Å². The van der Waals surface area contributed by atoms with Crippen molar-refractivity contribution in [2.45, 2.75) is 91.5 Å². The molecule has 0 radical (unpaired) electrons. The monoisotopic (exact) mass is 880 g/mol. The topological polar surface area (TPSA) is 248 Å². The zero-order valence-electron chi connectivity index (χ0n) is 35.9. The number of nitrogens with two attached hydrogens (primary N) is 2. The molecule has 3 aromatic heterocycles. The van der Waals surface area contributed by atoms with E-state index in [1.165, 1.54) is 23.5 Å². The van der Waals surface area contributed by atoms with Crippen molar-refractivity contribution in [1.29, 1.82) is 0 Å². The summed E-state index contributed by atoms with van der Waals surface area (Å²) in [6.45, 7) is 9.28. The number of thiazole rings is 1. The van der Waals surface area contributed by atoms with Crippen molar-refractivity contribution < 1.29 is 33.5 Å². The Morgan fingerprint density at radius 3 is 2.37 bits per heavy atom. The zero-order valence-corrected chi connectivity index (χ0v) is 36.7. The summed E-state index contributed by atoms with van der Waals surface area (Å²) in [6, 6.07) is 9.00. The van der Waals surface area contributed by atoms with E-state index in [1.54, 1.807) is 56.7 Å². The highest BCUT2D eigenvalue weighted by Crippen LogP contribution is 2.36. The number of aryl methyl sites for hydroxylation is 1. The van der Waals surface area contributed by atoms with Gasteiger partial charge in [0.1, 0.15) is 17.9 Å².